The van der Waals surface area contributed by atoms with Crippen molar-refractivity contribution in [2.45, 2.75) is 59.9 Å². The van der Waals surface area contributed by atoms with Gasteiger partial charge in [-0.2, -0.15) is 0 Å². The van der Waals surface area contributed by atoms with Crippen LogP contribution < -0.4 is 5.32 Å². The van der Waals surface area contributed by atoms with Crippen LogP contribution in [0.4, 0.5) is 0 Å². The lowest BCUT2D eigenvalue weighted by Gasteiger charge is -2.23. The molecular formula is C14H32N2O2S. The van der Waals surface area contributed by atoms with Crippen LogP contribution in [0.3, 0.4) is 0 Å². The minimum absolute atomic E-state index is 0.275. The smallest absolute Gasteiger partial charge is 0.214 e. The summed E-state index contributed by atoms with van der Waals surface area (Å²) in [7, 11) is -3.07. The summed E-state index contributed by atoms with van der Waals surface area (Å²) in [5.41, 5.74) is 0. The van der Waals surface area contributed by atoms with Crippen molar-refractivity contribution < 1.29 is 8.42 Å². The highest BCUT2D eigenvalue weighted by Gasteiger charge is 2.21. The van der Waals surface area contributed by atoms with E-state index in [2.05, 4.69) is 33.0 Å². The molecule has 0 radical (unpaired) electrons. The van der Waals surface area contributed by atoms with Gasteiger partial charge < -0.3 is 5.32 Å². The Kier molecular flexibility index (Phi) is 9.66. The van der Waals surface area contributed by atoms with E-state index in [0.717, 1.165) is 25.8 Å². The fourth-order valence-electron chi connectivity index (χ4n) is 1.85. The van der Waals surface area contributed by atoms with Crippen LogP contribution in [0.1, 0.15) is 53.9 Å². The number of hydrogen-bond donors (Lipinski definition) is 1. The molecule has 0 aliphatic carbocycles. The molecule has 116 valence electrons. The molecule has 0 heterocycles. The Hall–Kier alpha value is -0.130. The van der Waals surface area contributed by atoms with Gasteiger partial charge in [-0.1, -0.05) is 41.0 Å². The second kappa shape index (κ2) is 9.72. The highest BCUT2D eigenvalue weighted by molar-refractivity contribution is 7.89. The molecule has 0 aromatic carbocycles. The molecule has 19 heavy (non-hydrogen) atoms. The largest absolute Gasteiger partial charge is 0.315 e. The van der Waals surface area contributed by atoms with Gasteiger partial charge in [0.25, 0.3) is 0 Å². The lowest BCUT2D eigenvalue weighted by atomic mass is 10.1. The molecule has 0 saturated carbocycles. The number of sulfonamides is 1. The summed E-state index contributed by atoms with van der Waals surface area (Å²) in [6, 6.07) is 0.467. The Balaban J connectivity index is 4.12. The van der Waals surface area contributed by atoms with Crippen LogP contribution in [0.15, 0.2) is 0 Å². The zero-order chi connectivity index (χ0) is 14.9. The number of nitrogens with one attached hydrogen (secondary N) is 1. The van der Waals surface area contributed by atoms with E-state index in [0.29, 0.717) is 25.0 Å². The SMILES string of the molecule is CCC(C)CN(CC)S(=O)(=O)CCCCNC(C)C. The number of rotatable bonds is 11. The molecule has 1 unspecified atom stereocenters. The van der Waals surface area contributed by atoms with Crippen LogP contribution in [-0.2, 0) is 10.0 Å². The van der Waals surface area contributed by atoms with Crippen molar-refractivity contribution in [2.24, 2.45) is 5.92 Å². The average molecular weight is 292 g/mol. The quantitative estimate of drug-likeness (QED) is 0.595. The first-order valence-corrected chi connectivity index (χ1v) is 9.15. The van der Waals surface area contributed by atoms with Gasteiger partial charge in [0.2, 0.25) is 10.0 Å². The van der Waals surface area contributed by atoms with Gasteiger partial charge in [-0.05, 0) is 25.3 Å². The van der Waals surface area contributed by atoms with Crippen LogP contribution in [0.25, 0.3) is 0 Å². The predicted octanol–water partition coefficient (Wildman–Crippen LogP) is 2.46. The van der Waals surface area contributed by atoms with Crippen molar-refractivity contribution >= 4 is 10.0 Å². The third-order valence-corrected chi connectivity index (χ3v) is 5.34. The summed E-state index contributed by atoms with van der Waals surface area (Å²) in [5, 5.41) is 3.31. The predicted molar refractivity (Wildman–Crippen MR) is 82.9 cm³/mol. The van der Waals surface area contributed by atoms with Crippen molar-refractivity contribution in [1.29, 1.82) is 0 Å². The summed E-state index contributed by atoms with van der Waals surface area (Å²) < 4.78 is 26.1. The maximum absolute atomic E-state index is 12.2. The molecule has 0 fully saturated rings. The number of unbranched alkanes of at least 4 members (excludes halogenated alkanes) is 1. The van der Waals surface area contributed by atoms with Crippen LogP contribution in [0.5, 0.6) is 0 Å². The van der Waals surface area contributed by atoms with Crippen molar-refractivity contribution in [3.8, 4) is 0 Å². The maximum Gasteiger partial charge on any atom is 0.214 e. The molecule has 1 atom stereocenters. The van der Waals surface area contributed by atoms with Gasteiger partial charge in [0.15, 0.2) is 0 Å². The summed E-state index contributed by atoms with van der Waals surface area (Å²) >= 11 is 0. The number of nitrogens with zero attached hydrogens (tertiary/aromatic N) is 1. The van der Waals surface area contributed by atoms with Crippen LogP contribution >= 0.6 is 0 Å². The van der Waals surface area contributed by atoms with E-state index in [1.807, 2.05) is 6.92 Å². The molecule has 4 nitrogen and oxygen atoms in total. The van der Waals surface area contributed by atoms with Crippen LogP contribution in [0, 0.1) is 5.92 Å². The van der Waals surface area contributed by atoms with Gasteiger partial charge in [0.05, 0.1) is 5.75 Å². The molecule has 0 aliphatic rings. The monoisotopic (exact) mass is 292 g/mol. The molecule has 1 N–H and O–H groups in total. The summed E-state index contributed by atoms with van der Waals surface area (Å²) in [4.78, 5) is 0. The van der Waals surface area contributed by atoms with E-state index in [4.69, 9.17) is 0 Å². The fraction of sp³-hybridized carbons (Fsp3) is 1.00. The zero-order valence-electron chi connectivity index (χ0n) is 13.3. The van der Waals surface area contributed by atoms with E-state index in [-0.39, 0.29) is 5.75 Å². The van der Waals surface area contributed by atoms with Crippen LogP contribution in [0.2, 0.25) is 0 Å². The first-order chi connectivity index (χ1) is 8.83. The first-order valence-electron chi connectivity index (χ1n) is 7.54. The van der Waals surface area contributed by atoms with Crippen molar-refractivity contribution in [1.82, 2.24) is 9.62 Å². The standard InChI is InChI=1S/C14H32N2O2S/c1-6-14(5)12-16(7-2)19(17,18)11-9-8-10-15-13(3)4/h13-15H,6-12H2,1-5H3. The van der Waals surface area contributed by atoms with Gasteiger partial charge in [-0.3, -0.25) is 0 Å². The molecular weight excluding hydrogens is 260 g/mol. The topological polar surface area (TPSA) is 49.4 Å². The minimum atomic E-state index is -3.07. The zero-order valence-corrected chi connectivity index (χ0v) is 14.1. The van der Waals surface area contributed by atoms with Crippen molar-refractivity contribution in [3.63, 3.8) is 0 Å². The Morgan fingerprint density at radius 3 is 2.21 bits per heavy atom. The van der Waals surface area contributed by atoms with Gasteiger partial charge in [-0.15, -0.1) is 0 Å². The van der Waals surface area contributed by atoms with E-state index in [1.54, 1.807) is 4.31 Å². The Labute approximate surface area is 120 Å². The Morgan fingerprint density at radius 1 is 1.11 bits per heavy atom. The Bertz CT molecular complexity index is 315. The lowest BCUT2D eigenvalue weighted by Crippen LogP contribution is -2.36. The highest BCUT2D eigenvalue weighted by atomic mass is 32.2. The molecule has 0 aliphatic heterocycles. The minimum Gasteiger partial charge on any atom is -0.315 e. The molecule has 0 amide bonds. The van der Waals surface area contributed by atoms with E-state index < -0.39 is 10.0 Å². The van der Waals surface area contributed by atoms with Gasteiger partial charge in [-0.25, -0.2) is 12.7 Å². The third-order valence-electron chi connectivity index (χ3n) is 3.34. The van der Waals surface area contributed by atoms with Crippen molar-refractivity contribution in [3.05, 3.63) is 0 Å². The molecule has 0 bridgehead atoms. The first kappa shape index (κ1) is 18.9. The molecule has 0 saturated heterocycles. The van der Waals surface area contributed by atoms with Gasteiger partial charge in [0, 0.05) is 19.1 Å². The van der Waals surface area contributed by atoms with Crippen molar-refractivity contribution in [2.75, 3.05) is 25.4 Å². The molecule has 0 rings (SSSR count). The second-order valence-corrected chi connectivity index (χ2v) is 7.68. The average Bonchev–Trinajstić information content (AvgIpc) is 2.34. The summed E-state index contributed by atoms with van der Waals surface area (Å²) in [6.07, 6.45) is 2.67. The number of hydrogen-bond acceptors (Lipinski definition) is 3. The van der Waals surface area contributed by atoms with E-state index in [1.165, 1.54) is 0 Å². The normalized spacial score (nSPS) is 14.3. The molecule has 5 heteroatoms. The van der Waals surface area contributed by atoms with Crippen LogP contribution in [-0.4, -0.2) is 44.2 Å². The molecule has 0 spiro atoms. The van der Waals surface area contributed by atoms with Gasteiger partial charge in [0.1, 0.15) is 0 Å². The Morgan fingerprint density at radius 2 is 1.74 bits per heavy atom. The maximum atomic E-state index is 12.2. The molecule has 0 aromatic rings. The van der Waals surface area contributed by atoms with Gasteiger partial charge >= 0.3 is 0 Å². The highest BCUT2D eigenvalue weighted by Crippen LogP contribution is 2.10. The lowest BCUT2D eigenvalue weighted by molar-refractivity contribution is 0.361. The fourth-order valence-corrected chi connectivity index (χ4v) is 3.55. The third kappa shape index (κ3) is 8.60. The van der Waals surface area contributed by atoms with E-state index in [9.17, 15) is 8.42 Å². The second-order valence-electron chi connectivity index (χ2n) is 5.60. The summed E-state index contributed by atoms with van der Waals surface area (Å²) in [6.45, 7) is 12.4. The van der Waals surface area contributed by atoms with E-state index >= 15 is 0 Å². The summed E-state index contributed by atoms with van der Waals surface area (Å²) in [5.74, 6) is 0.703. The molecule has 0 aromatic heterocycles.